The summed E-state index contributed by atoms with van der Waals surface area (Å²) in [4.78, 5) is 12.5. The quantitative estimate of drug-likeness (QED) is 0.516. The van der Waals surface area contributed by atoms with Crippen molar-refractivity contribution in [2.45, 2.75) is 0 Å². The summed E-state index contributed by atoms with van der Waals surface area (Å²) in [5, 5.41) is 2.11. The summed E-state index contributed by atoms with van der Waals surface area (Å²) >= 11 is 0. The minimum absolute atomic E-state index is 0.111. The SMILES string of the molecule is COc1cccc2c3c(ccc12)C(=O)c1ccccc1-3. The number of fused-ring (bicyclic) bond motifs is 5. The van der Waals surface area contributed by atoms with Gasteiger partial charge in [0.1, 0.15) is 5.75 Å². The second kappa shape index (κ2) is 3.94. The van der Waals surface area contributed by atoms with Crippen molar-refractivity contribution in [1.29, 1.82) is 0 Å². The Morgan fingerprint density at radius 2 is 1.55 bits per heavy atom. The molecule has 0 amide bonds. The van der Waals surface area contributed by atoms with Crippen LogP contribution in [-0.2, 0) is 0 Å². The van der Waals surface area contributed by atoms with Crippen LogP contribution in [0.5, 0.6) is 5.75 Å². The average molecular weight is 260 g/mol. The molecule has 20 heavy (non-hydrogen) atoms. The van der Waals surface area contributed by atoms with Gasteiger partial charge in [0.25, 0.3) is 0 Å². The zero-order valence-electron chi connectivity index (χ0n) is 11.0. The van der Waals surface area contributed by atoms with E-state index >= 15 is 0 Å². The third kappa shape index (κ3) is 1.31. The molecule has 0 radical (unpaired) electrons. The van der Waals surface area contributed by atoms with Gasteiger partial charge in [-0.2, -0.15) is 0 Å². The number of hydrogen-bond donors (Lipinski definition) is 0. The van der Waals surface area contributed by atoms with Crippen molar-refractivity contribution in [3.63, 3.8) is 0 Å². The zero-order valence-corrected chi connectivity index (χ0v) is 11.0. The molecule has 3 aromatic rings. The van der Waals surface area contributed by atoms with E-state index in [9.17, 15) is 4.79 Å². The molecule has 0 heterocycles. The summed E-state index contributed by atoms with van der Waals surface area (Å²) in [6.07, 6.45) is 0. The van der Waals surface area contributed by atoms with Crippen molar-refractivity contribution in [1.82, 2.24) is 0 Å². The van der Waals surface area contributed by atoms with Crippen LogP contribution >= 0.6 is 0 Å². The highest BCUT2D eigenvalue weighted by Gasteiger charge is 2.28. The molecule has 0 saturated heterocycles. The molecule has 0 unspecified atom stereocenters. The van der Waals surface area contributed by atoms with E-state index in [4.69, 9.17) is 4.74 Å². The van der Waals surface area contributed by atoms with Crippen LogP contribution in [0.2, 0.25) is 0 Å². The lowest BCUT2D eigenvalue weighted by molar-refractivity contribution is 0.104. The van der Waals surface area contributed by atoms with Crippen molar-refractivity contribution < 1.29 is 9.53 Å². The Kier molecular flexibility index (Phi) is 2.21. The fourth-order valence-corrected chi connectivity index (χ4v) is 3.03. The minimum atomic E-state index is 0.111. The molecule has 0 aliphatic heterocycles. The molecule has 0 saturated carbocycles. The van der Waals surface area contributed by atoms with Gasteiger partial charge in [-0.05, 0) is 29.1 Å². The van der Waals surface area contributed by atoms with Crippen molar-refractivity contribution in [2.24, 2.45) is 0 Å². The molecule has 0 atom stereocenters. The third-order valence-corrected chi connectivity index (χ3v) is 3.93. The lowest BCUT2D eigenvalue weighted by Crippen LogP contribution is -1.94. The Labute approximate surface area is 116 Å². The molecular weight excluding hydrogens is 248 g/mol. The number of ether oxygens (including phenoxy) is 1. The lowest BCUT2D eigenvalue weighted by Gasteiger charge is -2.09. The minimum Gasteiger partial charge on any atom is -0.496 e. The van der Waals surface area contributed by atoms with Gasteiger partial charge in [0.05, 0.1) is 7.11 Å². The first-order valence-corrected chi connectivity index (χ1v) is 6.55. The summed E-state index contributed by atoms with van der Waals surface area (Å²) in [5.74, 6) is 0.947. The number of benzene rings is 3. The van der Waals surface area contributed by atoms with E-state index in [1.54, 1.807) is 7.11 Å². The van der Waals surface area contributed by atoms with Crippen molar-refractivity contribution in [3.8, 4) is 16.9 Å². The zero-order chi connectivity index (χ0) is 13.7. The van der Waals surface area contributed by atoms with Gasteiger partial charge in [-0.15, -0.1) is 0 Å². The van der Waals surface area contributed by atoms with E-state index in [-0.39, 0.29) is 5.78 Å². The Hall–Kier alpha value is -2.61. The molecule has 0 N–H and O–H groups in total. The van der Waals surface area contributed by atoms with Crippen LogP contribution in [0.25, 0.3) is 21.9 Å². The van der Waals surface area contributed by atoms with Crippen LogP contribution in [0.1, 0.15) is 15.9 Å². The predicted molar refractivity (Wildman–Crippen MR) is 79.4 cm³/mol. The summed E-state index contributed by atoms with van der Waals surface area (Å²) in [6.45, 7) is 0. The maximum absolute atomic E-state index is 12.5. The number of carbonyl (C=O) groups excluding carboxylic acids is 1. The van der Waals surface area contributed by atoms with Gasteiger partial charge in [0, 0.05) is 22.1 Å². The molecule has 1 aliphatic rings. The molecule has 0 fully saturated rings. The standard InChI is InChI=1S/C18H12O2/c1-20-16-8-4-7-12-11(16)9-10-15-17(12)13-5-2-3-6-14(13)18(15)19/h2-10H,1H3. The first-order chi connectivity index (χ1) is 9.81. The normalized spacial score (nSPS) is 12.3. The predicted octanol–water partition coefficient (Wildman–Crippen LogP) is 4.06. The fraction of sp³-hybridized carbons (Fsp3) is 0.0556. The monoisotopic (exact) mass is 260 g/mol. The molecule has 0 bridgehead atoms. The Bertz CT molecular complexity index is 862. The van der Waals surface area contributed by atoms with E-state index in [0.29, 0.717) is 0 Å². The van der Waals surface area contributed by atoms with Crippen molar-refractivity contribution in [2.75, 3.05) is 7.11 Å². The maximum Gasteiger partial charge on any atom is 0.194 e. The van der Waals surface area contributed by atoms with Gasteiger partial charge in [0.15, 0.2) is 5.78 Å². The van der Waals surface area contributed by atoms with Gasteiger partial charge < -0.3 is 4.74 Å². The van der Waals surface area contributed by atoms with E-state index < -0.39 is 0 Å². The summed E-state index contributed by atoms with van der Waals surface area (Å²) < 4.78 is 5.42. The molecule has 0 spiro atoms. The van der Waals surface area contributed by atoms with E-state index in [0.717, 1.165) is 38.8 Å². The van der Waals surface area contributed by atoms with E-state index in [2.05, 4.69) is 0 Å². The highest BCUT2D eigenvalue weighted by atomic mass is 16.5. The number of ketones is 1. The molecule has 96 valence electrons. The van der Waals surface area contributed by atoms with Crippen LogP contribution in [0, 0.1) is 0 Å². The average Bonchev–Trinajstić information content (AvgIpc) is 2.80. The lowest BCUT2D eigenvalue weighted by atomic mass is 9.97. The van der Waals surface area contributed by atoms with Gasteiger partial charge in [-0.1, -0.05) is 36.4 Å². The molecular formula is C18H12O2. The second-order valence-electron chi connectivity index (χ2n) is 4.92. The first-order valence-electron chi connectivity index (χ1n) is 6.55. The smallest absolute Gasteiger partial charge is 0.194 e. The first kappa shape index (κ1) is 11.2. The molecule has 2 nitrogen and oxygen atoms in total. The van der Waals surface area contributed by atoms with Crippen molar-refractivity contribution >= 4 is 16.6 Å². The molecule has 4 rings (SSSR count). The highest BCUT2D eigenvalue weighted by molar-refractivity contribution is 6.26. The van der Waals surface area contributed by atoms with Crippen molar-refractivity contribution in [3.05, 3.63) is 65.7 Å². The number of hydrogen-bond acceptors (Lipinski definition) is 2. The van der Waals surface area contributed by atoms with Crippen LogP contribution in [-0.4, -0.2) is 12.9 Å². The van der Waals surface area contributed by atoms with Crippen LogP contribution in [0.3, 0.4) is 0 Å². The Morgan fingerprint density at radius 3 is 2.35 bits per heavy atom. The highest BCUT2D eigenvalue weighted by Crippen LogP contribution is 2.42. The van der Waals surface area contributed by atoms with Gasteiger partial charge in [-0.25, -0.2) is 0 Å². The number of methoxy groups -OCH3 is 1. The number of carbonyl (C=O) groups is 1. The van der Waals surface area contributed by atoms with Gasteiger partial charge in [0.2, 0.25) is 0 Å². The third-order valence-electron chi connectivity index (χ3n) is 3.93. The molecule has 1 aliphatic carbocycles. The fourth-order valence-electron chi connectivity index (χ4n) is 3.03. The van der Waals surface area contributed by atoms with E-state index in [1.165, 1.54) is 0 Å². The summed E-state index contributed by atoms with van der Waals surface area (Å²) in [7, 11) is 1.67. The topological polar surface area (TPSA) is 26.3 Å². The van der Waals surface area contributed by atoms with E-state index in [1.807, 2.05) is 54.6 Å². The second-order valence-corrected chi connectivity index (χ2v) is 4.92. The maximum atomic E-state index is 12.5. The van der Waals surface area contributed by atoms with Gasteiger partial charge >= 0.3 is 0 Å². The van der Waals surface area contributed by atoms with Crippen LogP contribution < -0.4 is 4.74 Å². The largest absolute Gasteiger partial charge is 0.496 e. The molecule has 2 heteroatoms. The van der Waals surface area contributed by atoms with Crippen LogP contribution in [0.4, 0.5) is 0 Å². The summed E-state index contributed by atoms with van der Waals surface area (Å²) in [6, 6.07) is 17.6. The van der Waals surface area contributed by atoms with Crippen LogP contribution in [0.15, 0.2) is 54.6 Å². The summed E-state index contributed by atoms with van der Waals surface area (Å²) in [5.41, 5.74) is 3.62. The van der Waals surface area contributed by atoms with Gasteiger partial charge in [-0.3, -0.25) is 4.79 Å². The Morgan fingerprint density at radius 1 is 0.750 bits per heavy atom. The molecule has 0 aromatic heterocycles. The number of rotatable bonds is 1. The Balaban J connectivity index is 2.18. The molecule has 3 aromatic carbocycles.